The predicted octanol–water partition coefficient (Wildman–Crippen LogP) is 2.32. The molecule has 4 rings (SSSR count). The number of nitrogens with one attached hydrogen (secondary N) is 2. The molecule has 3 nitrogen and oxygen atoms in total. The highest BCUT2D eigenvalue weighted by Crippen LogP contribution is 2.53. The highest BCUT2D eigenvalue weighted by Gasteiger charge is 2.47. The maximum Gasteiger partial charge on any atom is 0.221 e. The second-order valence-corrected chi connectivity index (χ2v) is 7.38. The van der Waals surface area contributed by atoms with Gasteiger partial charge in [-0.05, 0) is 69.6 Å². The molecular formula is C16H28N2O. The first-order chi connectivity index (χ1) is 9.11. The number of hydrogen-bond acceptors (Lipinski definition) is 2. The molecule has 4 bridgehead atoms. The van der Waals surface area contributed by atoms with Gasteiger partial charge in [0, 0.05) is 25.0 Å². The van der Waals surface area contributed by atoms with Crippen molar-refractivity contribution in [1.29, 1.82) is 0 Å². The molecule has 0 saturated heterocycles. The average Bonchev–Trinajstić information content (AvgIpc) is 2.30. The molecule has 0 radical (unpaired) electrons. The summed E-state index contributed by atoms with van der Waals surface area (Å²) in [6.45, 7) is 4.89. The third-order valence-corrected chi connectivity index (χ3v) is 5.41. The number of carbonyl (C=O) groups excluding carboxylic acids is 1. The van der Waals surface area contributed by atoms with Crippen LogP contribution in [0, 0.1) is 23.7 Å². The largest absolute Gasteiger partial charge is 0.354 e. The molecule has 0 heterocycles. The van der Waals surface area contributed by atoms with Crippen LogP contribution in [0.5, 0.6) is 0 Å². The molecule has 3 heteroatoms. The van der Waals surface area contributed by atoms with Gasteiger partial charge >= 0.3 is 0 Å². The van der Waals surface area contributed by atoms with Crippen molar-refractivity contribution in [3.05, 3.63) is 0 Å². The average molecular weight is 264 g/mol. The Morgan fingerprint density at radius 1 is 1.05 bits per heavy atom. The van der Waals surface area contributed by atoms with Gasteiger partial charge in [0.15, 0.2) is 0 Å². The fraction of sp³-hybridized carbons (Fsp3) is 0.938. The van der Waals surface area contributed by atoms with E-state index in [2.05, 4.69) is 10.6 Å². The summed E-state index contributed by atoms with van der Waals surface area (Å²) < 4.78 is 0. The van der Waals surface area contributed by atoms with E-state index in [0.29, 0.717) is 12.5 Å². The summed E-state index contributed by atoms with van der Waals surface area (Å²) in [6.07, 6.45) is 7.93. The number of hydrogen-bond donors (Lipinski definition) is 2. The molecule has 108 valence electrons. The molecule has 19 heavy (non-hydrogen) atoms. The van der Waals surface area contributed by atoms with Crippen LogP contribution in [0.2, 0.25) is 0 Å². The maximum absolute atomic E-state index is 11.6. The third kappa shape index (κ3) is 2.96. The van der Waals surface area contributed by atoms with E-state index in [1.54, 1.807) is 0 Å². The van der Waals surface area contributed by atoms with Crippen molar-refractivity contribution in [3.63, 3.8) is 0 Å². The molecule has 0 aromatic carbocycles. The molecule has 4 aliphatic carbocycles. The first-order valence-corrected chi connectivity index (χ1v) is 8.14. The van der Waals surface area contributed by atoms with Crippen molar-refractivity contribution in [1.82, 2.24) is 10.6 Å². The van der Waals surface area contributed by atoms with Gasteiger partial charge in [-0.1, -0.05) is 0 Å². The lowest BCUT2D eigenvalue weighted by molar-refractivity contribution is -0.121. The molecule has 0 unspecified atom stereocenters. The van der Waals surface area contributed by atoms with Crippen molar-refractivity contribution in [3.8, 4) is 0 Å². The Hall–Kier alpha value is -0.570. The van der Waals surface area contributed by atoms with E-state index in [1.165, 1.54) is 32.1 Å². The van der Waals surface area contributed by atoms with Crippen LogP contribution in [-0.2, 0) is 4.79 Å². The summed E-state index contributed by atoms with van der Waals surface area (Å²) in [7, 11) is 0. The zero-order chi connectivity index (χ0) is 13.4. The van der Waals surface area contributed by atoms with Crippen LogP contribution >= 0.6 is 0 Å². The lowest BCUT2D eigenvalue weighted by Gasteiger charge is -2.54. The summed E-state index contributed by atoms with van der Waals surface area (Å²) in [5, 5.41) is 6.67. The van der Waals surface area contributed by atoms with Gasteiger partial charge in [-0.3, -0.25) is 4.79 Å². The van der Waals surface area contributed by atoms with Crippen LogP contribution in [0.1, 0.15) is 52.4 Å². The minimum atomic E-state index is 0.186. The van der Waals surface area contributed by atoms with Gasteiger partial charge in [-0.2, -0.15) is 0 Å². The number of amides is 1. The Morgan fingerprint density at radius 2 is 1.63 bits per heavy atom. The molecule has 0 aromatic heterocycles. The van der Waals surface area contributed by atoms with Crippen molar-refractivity contribution < 1.29 is 4.79 Å². The molecule has 4 fully saturated rings. The van der Waals surface area contributed by atoms with Gasteiger partial charge in [0.1, 0.15) is 0 Å². The monoisotopic (exact) mass is 264 g/mol. The topological polar surface area (TPSA) is 41.1 Å². The number of carbonyl (C=O) groups is 1. The van der Waals surface area contributed by atoms with Crippen LogP contribution < -0.4 is 10.6 Å². The predicted molar refractivity (Wildman–Crippen MR) is 76.7 cm³/mol. The lowest BCUT2D eigenvalue weighted by Crippen LogP contribution is -2.54. The van der Waals surface area contributed by atoms with E-state index >= 15 is 0 Å². The Kier molecular flexibility index (Phi) is 3.84. The fourth-order valence-electron chi connectivity index (χ4n) is 5.00. The Bertz CT molecular complexity index is 312. The van der Waals surface area contributed by atoms with Crippen molar-refractivity contribution in [2.24, 2.45) is 23.7 Å². The highest BCUT2D eigenvalue weighted by atomic mass is 16.1. The standard InChI is InChI=1S/C16H28N2O/c1-10(2)18-15(19)3-4-17-16-13-6-11-5-12(8-13)9-14(16)7-11/h10-14,16-17H,3-9H2,1-2H3,(H,18,19). The fourth-order valence-corrected chi connectivity index (χ4v) is 5.00. The Labute approximate surface area is 116 Å². The first kappa shape index (κ1) is 13.4. The molecule has 0 aromatic rings. The molecule has 4 saturated carbocycles. The van der Waals surface area contributed by atoms with E-state index < -0.39 is 0 Å². The van der Waals surface area contributed by atoms with Crippen molar-refractivity contribution in [2.75, 3.05) is 6.54 Å². The summed E-state index contributed by atoms with van der Waals surface area (Å²) in [5.74, 6) is 4.06. The van der Waals surface area contributed by atoms with Gasteiger partial charge in [0.05, 0.1) is 0 Å². The summed E-state index contributed by atoms with van der Waals surface area (Å²) in [5.41, 5.74) is 0. The quantitative estimate of drug-likeness (QED) is 0.800. The van der Waals surface area contributed by atoms with Crippen molar-refractivity contribution in [2.45, 2.75) is 64.5 Å². The van der Waals surface area contributed by atoms with Crippen LogP contribution in [0.25, 0.3) is 0 Å². The minimum Gasteiger partial charge on any atom is -0.354 e. The Morgan fingerprint density at radius 3 is 2.16 bits per heavy atom. The van der Waals surface area contributed by atoms with E-state index in [4.69, 9.17) is 0 Å². The smallest absolute Gasteiger partial charge is 0.221 e. The summed E-state index contributed by atoms with van der Waals surface area (Å²) in [6, 6.07) is 0.966. The van der Waals surface area contributed by atoms with E-state index in [-0.39, 0.29) is 11.9 Å². The zero-order valence-electron chi connectivity index (χ0n) is 12.3. The van der Waals surface area contributed by atoms with Gasteiger partial charge in [-0.15, -0.1) is 0 Å². The van der Waals surface area contributed by atoms with E-state index in [0.717, 1.165) is 30.2 Å². The zero-order valence-corrected chi connectivity index (χ0v) is 12.3. The second kappa shape index (κ2) is 5.43. The molecule has 4 aliphatic rings. The normalized spacial score (nSPS) is 39.8. The highest BCUT2D eigenvalue weighted by molar-refractivity contribution is 5.76. The molecule has 2 N–H and O–H groups in total. The van der Waals surface area contributed by atoms with Gasteiger partial charge < -0.3 is 10.6 Å². The van der Waals surface area contributed by atoms with Crippen molar-refractivity contribution >= 4 is 5.91 Å². The lowest BCUT2D eigenvalue weighted by atomic mass is 9.54. The second-order valence-electron chi connectivity index (χ2n) is 7.38. The van der Waals surface area contributed by atoms with Gasteiger partial charge in [-0.25, -0.2) is 0 Å². The number of rotatable bonds is 5. The van der Waals surface area contributed by atoms with Crippen LogP contribution in [0.15, 0.2) is 0 Å². The molecular weight excluding hydrogens is 236 g/mol. The van der Waals surface area contributed by atoms with E-state index in [1.807, 2.05) is 13.8 Å². The van der Waals surface area contributed by atoms with Crippen LogP contribution in [0.4, 0.5) is 0 Å². The molecule has 0 aliphatic heterocycles. The summed E-state index contributed by atoms with van der Waals surface area (Å²) >= 11 is 0. The maximum atomic E-state index is 11.6. The first-order valence-electron chi connectivity index (χ1n) is 8.14. The molecule has 0 atom stereocenters. The van der Waals surface area contributed by atoms with Gasteiger partial charge in [0.2, 0.25) is 5.91 Å². The third-order valence-electron chi connectivity index (χ3n) is 5.41. The molecule has 0 spiro atoms. The van der Waals surface area contributed by atoms with Crippen LogP contribution in [-0.4, -0.2) is 24.5 Å². The van der Waals surface area contributed by atoms with Crippen LogP contribution in [0.3, 0.4) is 0 Å². The van der Waals surface area contributed by atoms with E-state index in [9.17, 15) is 4.79 Å². The Balaban J connectivity index is 1.45. The summed E-state index contributed by atoms with van der Waals surface area (Å²) in [4.78, 5) is 11.6. The SMILES string of the molecule is CC(C)NC(=O)CCNC1C2CC3CC(C2)CC1C3. The van der Waals surface area contributed by atoms with Gasteiger partial charge in [0.25, 0.3) is 0 Å². The minimum absolute atomic E-state index is 0.186. The molecule has 1 amide bonds.